The number of carbonyl (C=O) groups is 2. The van der Waals surface area contributed by atoms with Crippen LogP contribution in [0, 0.1) is 11.8 Å². The lowest BCUT2D eigenvalue weighted by Crippen LogP contribution is -2.52. The molecule has 3 atom stereocenters. The third-order valence-electron chi connectivity index (χ3n) is 5.95. The maximum Gasteiger partial charge on any atom is 0.241 e. The number of piperidine rings is 2. The van der Waals surface area contributed by atoms with Gasteiger partial charge >= 0.3 is 0 Å². The number of nitrogens with zero attached hydrogens (tertiary/aromatic N) is 1. The highest BCUT2D eigenvalue weighted by molar-refractivity contribution is 6.30. The molecular weight excluding hydrogens is 387 g/mol. The predicted molar refractivity (Wildman–Crippen MR) is 107 cm³/mol. The van der Waals surface area contributed by atoms with E-state index >= 15 is 0 Å². The highest BCUT2D eigenvalue weighted by Crippen LogP contribution is 2.26. The van der Waals surface area contributed by atoms with Gasteiger partial charge in [0.2, 0.25) is 5.91 Å². The van der Waals surface area contributed by atoms with E-state index in [-0.39, 0.29) is 36.1 Å². The van der Waals surface area contributed by atoms with Gasteiger partial charge in [0.25, 0.3) is 0 Å². The minimum Gasteiger partial charge on any atom is -0.341 e. The first-order valence-electron chi connectivity index (χ1n) is 9.44. The van der Waals surface area contributed by atoms with Crippen LogP contribution in [0.4, 0.5) is 0 Å². The van der Waals surface area contributed by atoms with E-state index in [1.54, 1.807) is 24.3 Å². The van der Waals surface area contributed by atoms with Crippen molar-refractivity contribution in [1.29, 1.82) is 0 Å². The predicted octanol–water partition coefficient (Wildman–Crippen LogP) is 1.64. The number of Topliss-reactive ketones (excluding diaryl/α,β-unsaturated/α-hetero) is 1. The Hall–Kier alpha value is -1.18. The fourth-order valence-electron chi connectivity index (χ4n) is 4.37. The normalized spacial score (nSPS) is 28.3. The van der Waals surface area contributed by atoms with Crippen LogP contribution in [0.5, 0.6) is 0 Å². The van der Waals surface area contributed by atoms with Crippen molar-refractivity contribution < 1.29 is 9.59 Å². The van der Waals surface area contributed by atoms with Crippen LogP contribution >= 0.6 is 24.0 Å². The smallest absolute Gasteiger partial charge is 0.241 e. The molecule has 3 unspecified atom stereocenters. The lowest BCUT2D eigenvalue weighted by molar-refractivity contribution is -0.135. The standard InChI is InChI=1S/C19H25ClN4O2.ClH/c20-14-3-1-12(2-4-14)18(25)13-6-9-24(10-7-13)19(26)17-15-11-21-8-5-16(15)22-23-17;/h1-4,13,15-17,21-23H,5-11H2;1H. The van der Waals surface area contributed by atoms with E-state index in [9.17, 15) is 9.59 Å². The SMILES string of the molecule is Cl.O=C(c1ccc(Cl)cc1)C1CCN(C(=O)C2NNC3CCNCC32)CC1. The Balaban J connectivity index is 0.00000210. The van der Waals surface area contributed by atoms with E-state index in [2.05, 4.69) is 16.2 Å². The number of nitrogens with one attached hydrogen (secondary N) is 3. The van der Waals surface area contributed by atoms with Gasteiger partial charge in [0.1, 0.15) is 6.04 Å². The molecule has 0 spiro atoms. The lowest BCUT2D eigenvalue weighted by Gasteiger charge is -2.35. The summed E-state index contributed by atoms with van der Waals surface area (Å²) in [5.41, 5.74) is 7.18. The molecule has 3 fully saturated rings. The van der Waals surface area contributed by atoms with Gasteiger partial charge in [0.05, 0.1) is 0 Å². The molecule has 3 N–H and O–H groups in total. The molecule has 1 aromatic rings. The second-order valence-electron chi connectivity index (χ2n) is 7.50. The van der Waals surface area contributed by atoms with Gasteiger partial charge < -0.3 is 10.2 Å². The number of benzene rings is 1. The number of hydrogen-bond donors (Lipinski definition) is 3. The summed E-state index contributed by atoms with van der Waals surface area (Å²) in [5.74, 6) is 0.598. The zero-order valence-corrected chi connectivity index (χ0v) is 16.7. The summed E-state index contributed by atoms with van der Waals surface area (Å²) in [7, 11) is 0. The summed E-state index contributed by atoms with van der Waals surface area (Å²) in [4.78, 5) is 27.5. The zero-order chi connectivity index (χ0) is 18.1. The highest BCUT2D eigenvalue weighted by Gasteiger charge is 2.43. The molecule has 6 nitrogen and oxygen atoms in total. The van der Waals surface area contributed by atoms with Crippen molar-refractivity contribution in [2.45, 2.75) is 31.3 Å². The van der Waals surface area contributed by atoms with Crippen LogP contribution in [0.1, 0.15) is 29.6 Å². The zero-order valence-electron chi connectivity index (χ0n) is 15.1. The van der Waals surface area contributed by atoms with Crippen molar-refractivity contribution in [1.82, 2.24) is 21.1 Å². The summed E-state index contributed by atoms with van der Waals surface area (Å²) in [6, 6.07) is 7.27. The van der Waals surface area contributed by atoms with E-state index in [1.807, 2.05) is 4.90 Å². The van der Waals surface area contributed by atoms with E-state index in [0.717, 1.165) is 32.4 Å². The topological polar surface area (TPSA) is 73.5 Å². The molecule has 4 rings (SSSR count). The number of hydrogen-bond acceptors (Lipinski definition) is 5. The van der Waals surface area contributed by atoms with Gasteiger partial charge in [-0.1, -0.05) is 11.6 Å². The van der Waals surface area contributed by atoms with Crippen LogP contribution in [0.3, 0.4) is 0 Å². The van der Waals surface area contributed by atoms with Crippen LogP contribution < -0.4 is 16.2 Å². The number of likely N-dealkylation sites (tertiary alicyclic amines) is 1. The van der Waals surface area contributed by atoms with Gasteiger partial charge in [-0.2, -0.15) is 0 Å². The van der Waals surface area contributed by atoms with Gasteiger partial charge in [-0.3, -0.25) is 15.0 Å². The molecule has 3 aliphatic heterocycles. The maximum absolute atomic E-state index is 12.9. The number of rotatable bonds is 3. The molecule has 0 bridgehead atoms. The van der Waals surface area contributed by atoms with Gasteiger partial charge in [-0.05, 0) is 50.1 Å². The van der Waals surface area contributed by atoms with Crippen molar-refractivity contribution in [3.8, 4) is 0 Å². The average Bonchev–Trinajstić information content (AvgIpc) is 3.12. The van der Waals surface area contributed by atoms with E-state index < -0.39 is 0 Å². The third kappa shape index (κ3) is 4.30. The molecule has 1 aromatic carbocycles. The Morgan fingerprint density at radius 3 is 2.44 bits per heavy atom. The molecule has 3 aliphatic rings. The summed E-state index contributed by atoms with van der Waals surface area (Å²) in [5, 5.41) is 4.02. The Bertz CT molecular complexity index is 677. The number of ketones is 1. The number of amides is 1. The van der Waals surface area contributed by atoms with Crippen molar-refractivity contribution in [3.05, 3.63) is 34.9 Å². The fraction of sp³-hybridized carbons (Fsp3) is 0.579. The second-order valence-corrected chi connectivity index (χ2v) is 7.94. The quantitative estimate of drug-likeness (QED) is 0.658. The van der Waals surface area contributed by atoms with Crippen LogP contribution in [-0.2, 0) is 4.79 Å². The minimum atomic E-state index is -0.170. The molecule has 3 saturated heterocycles. The average molecular weight is 413 g/mol. The molecule has 1 amide bonds. The summed E-state index contributed by atoms with van der Waals surface area (Å²) >= 11 is 5.90. The number of halogens is 2. The molecule has 27 heavy (non-hydrogen) atoms. The van der Waals surface area contributed by atoms with Crippen LogP contribution in [0.15, 0.2) is 24.3 Å². The van der Waals surface area contributed by atoms with E-state index in [1.165, 1.54) is 0 Å². The fourth-order valence-corrected chi connectivity index (χ4v) is 4.50. The Morgan fingerprint density at radius 1 is 1.04 bits per heavy atom. The molecule has 0 saturated carbocycles. The van der Waals surface area contributed by atoms with Crippen LogP contribution in [0.2, 0.25) is 5.02 Å². The first kappa shape index (κ1) is 20.6. The van der Waals surface area contributed by atoms with Crippen molar-refractivity contribution in [3.63, 3.8) is 0 Å². The largest absolute Gasteiger partial charge is 0.341 e. The van der Waals surface area contributed by atoms with Gasteiger partial charge in [0, 0.05) is 48.1 Å². The van der Waals surface area contributed by atoms with Crippen LogP contribution in [-0.4, -0.2) is 54.9 Å². The number of fused-ring (bicyclic) bond motifs is 1. The Morgan fingerprint density at radius 2 is 1.74 bits per heavy atom. The Kier molecular flexibility index (Phi) is 6.76. The highest BCUT2D eigenvalue weighted by atomic mass is 35.5. The van der Waals surface area contributed by atoms with Crippen molar-refractivity contribution in [2.75, 3.05) is 26.2 Å². The van der Waals surface area contributed by atoms with Crippen molar-refractivity contribution in [2.24, 2.45) is 11.8 Å². The second kappa shape index (κ2) is 8.88. The van der Waals surface area contributed by atoms with Gasteiger partial charge in [0.15, 0.2) is 5.78 Å². The molecule has 148 valence electrons. The first-order chi connectivity index (χ1) is 12.6. The summed E-state index contributed by atoms with van der Waals surface area (Å²) in [6.45, 7) is 3.15. The minimum absolute atomic E-state index is 0. The van der Waals surface area contributed by atoms with Gasteiger partial charge in [-0.15, -0.1) is 12.4 Å². The maximum atomic E-state index is 12.9. The summed E-state index contributed by atoms with van der Waals surface area (Å²) in [6.07, 6.45) is 2.48. The monoisotopic (exact) mass is 412 g/mol. The van der Waals surface area contributed by atoms with Gasteiger partial charge in [-0.25, -0.2) is 5.43 Å². The van der Waals surface area contributed by atoms with E-state index in [0.29, 0.717) is 35.6 Å². The number of hydrazine groups is 1. The number of carbonyl (C=O) groups excluding carboxylic acids is 2. The molecule has 0 radical (unpaired) electrons. The molecule has 3 heterocycles. The van der Waals surface area contributed by atoms with E-state index in [4.69, 9.17) is 11.6 Å². The third-order valence-corrected chi connectivity index (χ3v) is 6.21. The molecular formula is C19H26Cl2N4O2. The summed E-state index contributed by atoms with van der Waals surface area (Å²) < 4.78 is 0. The molecule has 0 aromatic heterocycles. The first-order valence-corrected chi connectivity index (χ1v) is 9.81. The lowest BCUT2D eigenvalue weighted by atomic mass is 9.86. The van der Waals surface area contributed by atoms with Crippen molar-refractivity contribution >= 4 is 35.7 Å². The molecule has 8 heteroatoms. The Labute approximate surface area is 170 Å². The molecule has 0 aliphatic carbocycles. The van der Waals surface area contributed by atoms with Crippen LogP contribution in [0.25, 0.3) is 0 Å².